The van der Waals surface area contributed by atoms with Gasteiger partial charge < -0.3 is 10.0 Å². The summed E-state index contributed by atoms with van der Waals surface area (Å²) in [4.78, 5) is 10.5. The van der Waals surface area contributed by atoms with E-state index < -0.39 is 0 Å². The zero-order chi connectivity index (χ0) is 9.10. The third-order valence-corrected chi connectivity index (χ3v) is 2.26. The highest BCUT2D eigenvalue weighted by atomic mass is 16.3. The van der Waals surface area contributed by atoms with Crippen LogP contribution in [0, 0.1) is 0 Å². The van der Waals surface area contributed by atoms with Crippen LogP contribution in [0.4, 0.5) is 5.82 Å². The molecule has 1 saturated heterocycles. The van der Waals surface area contributed by atoms with Crippen LogP contribution in [0.3, 0.4) is 0 Å². The van der Waals surface area contributed by atoms with Gasteiger partial charge in [-0.1, -0.05) is 0 Å². The zero-order valence-electron chi connectivity index (χ0n) is 7.48. The first kappa shape index (κ1) is 8.44. The Labute approximate surface area is 77.2 Å². The van der Waals surface area contributed by atoms with Crippen molar-refractivity contribution in [3.8, 4) is 0 Å². The summed E-state index contributed by atoms with van der Waals surface area (Å²) in [6.45, 7) is 2.09. The minimum atomic E-state index is -0.0331. The van der Waals surface area contributed by atoms with Crippen molar-refractivity contribution in [2.24, 2.45) is 0 Å². The van der Waals surface area contributed by atoms with Gasteiger partial charge in [0.15, 0.2) is 0 Å². The molecule has 1 aromatic heterocycles. The molecule has 0 aliphatic carbocycles. The lowest BCUT2D eigenvalue weighted by atomic mass is 10.4. The Kier molecular flexibility index (Phi) is 2.40. The number of nitrogens with zero attached hydrogens (tertiary/aromatic N) is 3. The standard InChI is InChI=1S/C9H13N3O/c13-7-8-5-10-6-9(11-8)12-3-1-2-4-12/h5-6,13H,1-4,7H2. The first-order chi connectivity index (χ1) is 6.40. The topological polar surface area (TPSA) is 49.3 Å². The van der Waals surface area contributed by atoms with Crippen LogP contribution < -0.4 is 4.90 Å². The highest BCUT2D eigenvalue weighted by Crippen LogP contribution is 2.16. The van der Waals surface area contributed by atoms with E-state index in [1.165, 1.54) is 12.8 Å². The van der Waals surface area contributed by atoms with Gasteiger partial charge in [-0.15, -0.1) is 0 Å². The van der Waals surface area contributed by atoms with Crippen molar-refractivity contribution >= 4 is 5.82 Å². The largest absolute Gasteiger partial charge is 0.390 e. The Morgan fingerprint density at radius 1 is 1.31 bits per heavy atom. The second-order valence-corrected chi connectivity index (χ2v) is 3.22. The third kappa shape index (κ3) is 1.78. The Balaban J connectivity index is 2.18. The first-order valence-corrected chi connectivity index (χ1v) is 4.57. The lowest BCUT2D eigenvalue weighted by molar-refractivity contribution is 0.276. The minimum Gasteiger partial charge on any atom is -0.390 e. The molecular formula is C9H13N3O. The quantitative estimate of drug-likeness (QED) is 0.721. The summed E-state index contributed by atoms with van der Waals surface area (Å²) < 4.78 is 0. The molecule has 1 aromatic rings. The Morgan fingerprint density at radius 3 is 2.77 bits per heavy atom. The van der Waals surface area contributed by atoms with Crippen molar-refractivity contribution in [3.63, 3.8) is 0 Å². The molecule has 4 heteroatoms. The maximum Gasteiger partial charge on any atom is 0.147 e. The summed E-state index contributed by atoms with van der Waals surface area (Å²) in [7, 11) is 0. The van der Waals surface area contributed by atoms with Gasteiger partial charge in [-0.05, 0) is 12.8 Å². The van der Waals surface area contributed by atoms with E-state index in [0.717, 1.165) is 18.9 Å². The second-order valence-electron chi connectivity index (χ2n) is 3.22. The van der Waals surface area contributed by atoms with Crippen LogP contribution in [-0.4, -0.2) is 28.2 Å². The fourth-order valence-electron chi connectivity index (χ4n) is 1.57. The Bertz CT molecular complexity index is 284. The number of aromatic nitrogens is 2. The van der Waals surface area contributed by atoms with Gasteiger partial charge in [0.25, 0.3) is 0 Å². The van der Waals surface area contributed by atoms with Crippen molar-refractivity contribution in [1.29, 1.82) is 0 Å². The summed E-state index contributed by atoms with van der Waals surface area (Å²) in [6, 6.07) is 0. The summed E-state index contributed by atoms with van der Waals surface area (Å²) in [5.74, 6) is 0.893. The van der Waals surface area contributed by atoms with Crippen molar-refractivity contribution in [1.82, 2.24) is 9.97 Å². The van der Waals surface area contributed by atoms with Crippen LogP contribution in [-0.2, 0) is 6.61 Å². The van der Waals surface area contributed by atoms with Gasteiger partial charge in [0.1, 0.15) is 5.82 Å². The van der Waals surface area contributed by atoms with E-state index in [9.17, 15) is 0 Å². The highest BCUT2D eigenvalue weighted by molar-refractivity contribution is 5.37. The number of hydrogen-bond donors (Lipinski definition) is 1. The number of rotatable bonds is 2. The SMILES string of the molecule is OCc1cncc(N2CCCC2)n1. The van der Waals surface area contributed by atoms with Gasteiger partial charge >= 0.3 is 0 Å². The fourth-order valence-corrected chi connectivity index (χ4v) is 1.57. The summed E-state index contributed by atoms with van der Waals surface area (Å²) in [5, 5.41) is 8.88. The zero-order valence-corrected chi connectivity index (χ0v) is 7.48. The third-order valence-electron chi connectivity index (χ3n) is 2.26. The molecule has 4 nitrogen and oxygen atoms in total. The highest BCUT2D eigenvalue weighted by Gasteiger charge is 2.13. The van der Waals surface area contributed by atoms with E-state index in [2.05, 4.69) is 14.9 Å². The Hall–Kier alpha value is -1.16. The average molecular weight is 179 g/mol. The Morgan fingerprint density at radius 2 is 2.08 bits per heavy atom. The molecular weight excluding hydrogens is 166 g/mol. The molecule has 1 aliphatic rings. The van der Waals surface area contributed by atoms with E-state index in [1.807, 2.05) is 0 Å². The minimum absolute atomic E-state index is 0.0331. The van der Waals surface area contributed by atoms with E-state index in [-0.39, 0.29) is 6.61 Å². The van der Waals surface area contributed by atoms with Gasteiger partial charge in [0, 0.05) is 13.1 Å². The number of hydrogen-bond acceptors (Lipinski definition) is 4. The van der Waals surface area contributed by atoms with Gasteiger partial charge in [0.2, 0.25) is 0 Å². The molecule has 0 saturated carbocycles. The van der Waals surface area contributed by atoms with Crippen molar-refractivity contribution < 1.29 is 5.11 Å². The van der Waals surface area contributed by atoms with Crippen LogP contribution in [0.25, 0.3) is 0 Å². The second kappa shape index (κ2) is 3.70. The van der Waals surface area contributed by atoms with E-state index in [0.29, 0.717) is 5.69 Å². The monoisotopic (exact) mass is 179 g/mol. The van der Waals surface area contributed by atoms with Crippen molar-refractivity contribution in [3.05, 3.63) is 18.1 Å². The molecule has 70 valence electrons. The van der Waals surface area contributed by atoms with E-state index in [1.54, 1.807) is 12.4 Å². The lowest BCUT2D eigenvalue weighted by Gasteiger charge is -2.15. The van der Waals surface area contributed by atoms with Crippen LogP contribution in [0.15, 0.2) is 12.4 Å². The smallest absolute Gasteiger partial charge is 0.147 e. The van der Waals surface area contributed by atoms with Gasteiger partial charge in [0.05, 0.1) is 24.7 Å². The van der Waals surface area contributed by atoms with Crippen LogP contribution in [0.5, 0.6) is 0 Å². The molecule has 1 aliphatic heterocycles. The first-order valence-electron chi connectivity index (χ1n) is 4.57. The number of anilines is 1. The maximum atomic E-state index is 8.88. The molecule has 0 aromatic carbocycles. The average Bonchev–Trinajstić information content (AvgIpc) is 2.71. The number of aliphatic hydroxyl groups is 1. The molecule has 1 fully saturated rings. The van der Waals surface area contributed by atoms with Crippen molar-refractivity contribution in [2.75, 3.05) is 18.0 Å². The van der Waals surface area contributed by atoms with E-state index in [4.69, 9.17) is 5.11 Å². The molecule has 0 radical (unpaired) electrons. The van der Waals surface area contributed by atoms with E-state index >= 15 is 0 Å². The normalized spacial score (nSPS) is 16.5. The summed E-state index contributed by atoms with van der Waals surface area (Å²) in [6.07, 6.45) is 5.81. The number of aliphatic hydroxyl groups excluding tert-OH is 1. The maximum absolute atomic E-state index is 8.88. The summed E-state index contributed by atoms with van der Waals surface area (Å²) in [5.41, 5.74) is 0.643. The predicted octanol–water partition coefficient (Wildman–Crippen LogP) is 0.569. The molecule has 2 rings (SSSR count). The molecule has 0 bridgehead atoms. The molecule has 2 heterocycles. The van der Waals surface area contributed by atoms with Gasteiger partial charge in [-0.3, -0.25) is 4.98 Å². The summed E-state index contributed by atoms with van der Waals surface area (Å²) >= 11 is 0. The lowest BCUT2D eigenvalue weighted by Crippen LogP contribution is -2.19. The van der Waals surface area contributed by atoms with Crippen LogP contribution in [0.2, 0.25) is 0 Å². The van der Waals surface area contributed by atoms with Gasteiger partial charge in [-0.25, -0.2) is 4.98 Å². The van der Waals surface area contributed by atoms with Gasteiger partial charge in [-0.2, -0.15) is 0 Å². The fraction of sp³-hybridized carbons (Fsp3) is 0.556. The molecule has 0 atom stereocenters. The molecule has 0 amide bonds. The van der Waals surface area contributed by atoms with Crippen molar-refractivity contribution in [2.45, 2.75) is 19.4 Å². The van der Waals surface area contributed by atoms with Crippen LogP contribution in [0.1, 0.15) is 18.5 Å². The van der Waals surface area contributed by atoms with Crippen LogP contribution >= 0.6 is 0 Å². The molecule has 0 spiro atoms. The predicted molar refractivity (Wildman–Crippen MR) is 49.4 cm³/mol. The molecule has 0 unspecified atom stereocenters. The molecule has 13 heavy (non-hydrogen) atoms. The molecule has 1 N–H and O–H groups in total.